The molecule has 0 aromatic heterocycles. The molecule has 0 rings (SSSR count). The van der Waals surface area contributed by atoms with Crippen molar-refractivity contribution >= 4 is 17.7 Å². The third-order valence-corrected chi connectivity index (χ3v) is 6.09. The van der Waals surface area contributed by atoms with Gasteiger partial charge in [0.15, 0.2) is 0 Å². The standard InChI is InChI=1S/C28H44O2S/c1-8-13-26(28(29)30)27(9-2)31-21-20-25(7)19-12-18-24(6)17-11-16-23(5)15-10-14-22(3)4/h9,13-14,16,18,20H,8,10-12,15,17,19,21H2,1-7H3,(H,29,30)/b23-16+,24-18+,25-20+,26-13+,27-9+. The van der Waals surface area contributed by atoms with Crippen LogP contribution >= 0.6 is 11.8 Å². The molecule has 0 aliphatic carbocycles. The van der Waals surface area contributed by atoms with Crippen LogP contribution in [0.2, 0.25) is 0 Å². The Hall–Kier alpha value is -1.74. The van der Waals surface area contributed by atoms with Gasteiger partial charge in [-0.1, -0.05) is 65.7 Å². The van der Waals surface area contributed by atoms with Crippen molar-refractivity contribution in [1.82, 2.24) is 0 Å². The van der Waals surface area contributed by atoms with E-state index in [0.717, 1.165) is 55.6 Å². The van der Waals surface area contributed by atoms with Gasteiger partial charge in [0.2, 0.25) is 0 Å². The zero-order valence-electron chi connectivity index (χ0n) is 20.9. The minimum atomic E-state index is -0.846. The summed E-state index contributed by atoms with van der Waals surface area (Å²) in [5.41, 5.74) is 6.12. The van der Waals surface area contributed by atoms with Crippen molar-refractivity contribution < 1.29 is 9.90 Å². The summed E-state index contributed by atoms with van der Waals surface area (Å²) in [5, 5.41) is 9.38. The Balaban J connectivity index is 4.38. The first-order chi connectivity index (χ1) is 14.7. The predicted molar refractivity (Wildman–Crippen MR) is 141 cm³/mol. The summed E-state index contributed by atoms with van der Waals surface area (Å²) in [6, 6.07) is 0. The normalized spacial score (nSPS) is 14.1. The summed E-state index contributed by atoms with van der Waals surface area (Å²) in [6.45, 7) is 14.8. The number of rotatable bonds is 15. The van der Waals surface area contributed by atoms with Gasteiger partial charge in [-0.3, -0.25) is 0 Å². The van der Waals surface area contributed by atoms with E-state index in [9.17, 15) is 9.90 Å². The SMILES string of the molecule is C/C=C(SC/C=C(\C)CC/C=C(\C)CC/C=C(\C)CCC=C(C)C)\C(=C/CC)C(=O)O. The Bertz CT molecular complexity index is 726. The van der Waals surface area contributed by atoms with Gasteiger partial charge in [0.1, 0.15) is 0 Å². The highest BCUT2D eigenvalue weighted by Crippen LogP contribution is 2.25. The molecule has 3 heteroatoms. The first kappa shape index (κ1) is 29.3. The third-order valence-electron chi connectivity index (χ3n) is 4.99. The molecule has 0 radical (unpaired) electrons. The molecule has 0 aromatic carbocycles. The van der Waals surface area contributed by atoms with E-state index in [2.05, 4.69) is 58.9 Å². The van der Waals surface area contributed by atoms with E-state index < -0.39 is 5.97 Å². The van der Waals surface area contributed by atoms with Crippen molar-refractivity contribution in [3.63, 3.8) is 0 Å². The van der Waals surface area contributed by atoms with Crippen molar-refractivity contribution in [2.24, 2.45) is 0 Å². The van der Waals surface area contributed by atoms with Crippen LogP contribution in [0, 0.1) is 0 Å². The van der Waals surface area contributed by atoms with Crippen molar-refractivity contribution in [3.05, 3.63) is 69.2 Å². The van der Waals surface area contributed by atoms with Crippen LogP contribution in [0.25, 0.3) is 0 Å². The lowest BCUT2D eigenvalue weighted by Crippen LogP contribution is -2.02. The number of allylic oxidation sites excluding steroid dienone is 9. The summed E-state index contributed by atoms with van der Waals surface area (Å²) in [5.74, 6) is -0.0407. The van der Waals surface area contributed by atoms with E-state index in [4.69, 9.17) is 0 Å². The molecule has 1 N–H and O–H groups in total. The second kappa shape index (κ2) is 17.9. The second-order valence-corrected chi connectivity index (χ2v) is 9.41. The van der Waals surface area contributed by atoms with Crippen molar-refractivity contribution in [2.45, 2.75) is 93.4 Å². The molecular formula is C28H44O2S. The van der Waals surface area contributed by atoms with E-state index in [1.165, 1.54) is 22.3 Å². The molecule has 0 saturated carbocycles. The summed E-state index contributed by atoms with van der Waals surface area (Å²) >= 11 is 1.60. The van der Waals surface area contributed by atoms with Crippen molar-refractivity contribution in [3.8, 4) is 0 Å². The summed E-state index contributed by atoms with van der Waals surface area (Å²) in [7, 11) is 0. The van der Waals surface area contributed by atoms with E-state index in [-0.39, 0.29) is 0 Å². The molecule has 0 fully saturated rings. The maximum atomic E-state index is 11.4. The molecule has 0 unspecified atom stereocenters. The Labute approximate surface area is 196 Å². The Morgan fingerprint density at radius 2 is 1.26 bits per heavy atom. The quantitative estimate of drug-likeness (QED) is 0.155. The largest absolute Gasteiger partial charge is 0.478 e. The van der Waals surface area contributed by atoms with E-state index in [1.807, 2.05) is 19.9 Å². The van der Waals surface area contributed by atoms with Crippen LogP contribution in [-0.2, 0) is 4.79 Å². The molecule has 0 heterocycles. The zero-order valence-corrected chi connectivity index (χ0v) is 21.7. The van der Waals surface area contributed by atoms with Crippen LogP contribution < -0.4 is 0 Å². The van der Waals surface area contributed by atoms with Crippen molar-refractivity contribution in [1.29, 1.82) is 0 Å². The number of hydrogen-bond acceptors (Lipinski definition) is 2. The van der Waals surface area contributed by atoms with Gasteiger partial charge in [0, 0.05) is 10.7 Å². The molecule has 0 spiro atoms. The lowest BCUT2D eigenvalue weighted by molar-refractivity contribution is -0.132. The smallest absolute Gasteiger partial charge is 0.336 e. The molecule has 0 amide bonds. The number of carbonyl (C=O) groups is 1. The van der Waals surface area contributed by atoms with Gasteiger partial charge in [-0.15, -0.1) is 11.8 Å². The molecule has 174 valence electrons. The van der Waals surface area contributed by atoms with E-state index in [0.29, 0.717) is 5.57 Å². The summed E-state index contributed by atoms with van der Waals surface area (Å²) in [6.07, 6.45) is 20.4. The minimum absolute atomic E-state index is 0.417. The minimum Gasteiger partial charge on any atom is -0.478 e. The number of thioether (sulfide) groups is 1. The fourth-order valence-corrected chi connectivity index (χ4v) is 4.12. The average Bonchev–Trinajstić information content (AvgIpc) is 2.69. The maximum Gasteiger partial charge on any atom is 0.336 e. The first-order valence-electron chi connectivity index (χ1n) is 11.5. The topological polar surface area (TPSA) is 37.3 Å². The van der Waals surface area contributed by atoms with Crippen LogP contribution in [-0.4, -0.2) is 16.8 Å². The van der Waals surface area contributed by atoms with E-state index in [1.54, 1.807) is 17.8 Å². The zero-order chi connectivity index (χ0) is 23.6. The average molecular weight is 445 g/mol. The Kier molecular flexibility index (Phi) is 16.9. The van der Waals surface area contributed by atoms with Gasteiger partial charge >= 0.3 is 5.97 Å². The lowest BCUT2D eigenvalue weighted by Gasteiger charge is -2.07. The van der Waals surface area contributed by atoms with Crippen LogP contribution in [0.1, 0.15) is 93.4 Å². The first-order valence-corrected chi connectivity index (χ1v) is 12.5. The van der Waals surface area contributed by atoms with Gasteiger partial charge in [-0.05, 0) is 86.5 Å². The van der Waals surface area contributed by atoms with Crippen LogP contribution in [0.4, 0.5) is 0 Å². The Morgan fingerprint density at radius 3 is 1.68 bits per heavy atom. The summed E-state index contributed by atoms with van der Waals surface area (Å²) < 4.78 is 0. The Morgan fingerprint density at radius 1 is 0.774 bits per heavy atom. The number of carboxylic acid groups (broad SMARTS) is 1. The predicted octanol–water partition coefficient (Wildman–Crippen LogP) is 9.19. The number of carboxylic acids is 1. The highest BCUT2D eigenvalue weighted by atomic mass is 32.2. The number of aliphatic carboxylic acids is 1. The molecule has 0 aliphatic heterocycles. The fourth-order valence-electron chi connectivity index (χ4n) is 3.07. The molecule has 2 nitrogen and oxygen atoms in total. The fraction of sp³-hybridized carbons (Fsp3) is 0.536. The van der Waals surface area contributed by atoms with Gasteiger partial charge in [-0.25, -0.2) is 4.79 Å². The van der Waals surface area contributed by atoms with Gasteiger partial charge in [-0.2, -0.15) is 0 Å². The van der Waals surface area contributed by atoms with Gasteiger partial charge in [0.25, 0.3) is 0 Å². The molecule has 31 heavy (non-hydrogen) atoms. The molecule has 0 atom stereocenters. The maximum absolute atomic E-state index is 11.4. The summed E-state index contributed by atoms with van der Waals surface area (Å²) in [4.78, 5) is 12.3. The van der Waals surface area contributed by atoms with Crippen LogP contribution in [0.15, 0.2) is 69.2 Å². The molecule has 0 bridgehead atoms. The molecule has 0 aliphatic rings. The highest BCUT2D eigenvalue weighted by molar-refractivity contribution is 8.03. The second-order valence-electron chi connectivity index (χ2n) is 8.34. The van der Waals surface area contributed by atoms with E-state index >= 15 is 0 Å². The van der Waals surface area contributed by atoms with Crippen molar-refractivity contribution in [2.75, 3.05) is 5.75 Å². The van der Waals surface area contributed by atoms with Gasteiger partial charge < -0.3 is 5.11 Å². The highest BCUT2D eigenvalue weighted by Gasteiger charge is 2.11. The monoisotopic (exact) mass is 444 g/mol. The molecular weight excluding hydrogens is 400 g/mol. The molecule has 0 saturated heterocycles. The third kappa shape index (κ3) is 15.7. The van der Waals surface area contributed by atoms with Crippen LogP contribution in [0.3, 0.4) is 0 Å². The van der Waals surface area contributed by atoms with Gasteiger partial charge in [0.05, 0.1) is 5.57 Å². The van der Waals surface area contributed by atoms with Crippen LogP contribution in [0.5, 0.6) is 0 Å². The molecule has 0 aromatic rings. The lowest BCUT2D eigenvalue weighted by atomic mass is 10.0. The number of hydrogen-bond donors (Lipinski definition) is 1.